The van der Waals surface area contributed by atoms with E-state index in [2.05, 4.69) is 4.72 Å². The van der Waals surface area contributed by atoms with Crippen molar-refractivity contribution in [3.8, 4) is 5.75 Å². The second-order valence-corrected chi connectivity index (χ2v) is 8.64. The summed E-state index contributed by atoms with van der Waals surface area (Å²) in [5.41, 5.74) is 0. The fourth-order valence-electron chi connectivity index (χ4n) is 3.12. The second-order valence-electron chi connectivity index (χ2n) is 6.87. The smallest absolute Gasteiger partial charge is 0.240 e. The molecule has 10 heteroatoms. The summed E-state index contributed by atoms with van der Waals surface area (Å²) in [4.78, 5) is 13.8. The first-order chi connectivity index (χ1) is 14.2. The highest BCUT2D eigenvalue weighted by atomic mass is 32.2. The number of hydrogen-bond acceptors (Lipinski definition) is 4. The van der Waals surface area contributed by atoms with Gasteiger partial charge in [-0.3, -0.25) is 4.79 Å². The van der Waals surface area contributed by atoms with Gasteiger partial charge in [-0.05, 0) is 36.4 Å². The Morgan fingerprint density at radius 1 is 1.03 bits per heavy atom. The van der Waals surface area contributed by atoms with E-state index in [4.69, 9.17) is 4.74 Å². The predicted molar refractivity (Wildman–Crippen MR) is 103 cm³/mol. The minimum Gasteiger partial charge on any atom is -0.487 e. The Hall–Kier alpha value is -2.59. The highest BCUT2D eigenvalue weighted by molar-refractivity contribution is 7.89. The SMILES string of the molecule is O=C(CCNS(=O)(=O)c1ccc(F)cc1)N1CCC(Oc2ccc(F)cc2F)CC1. The van der Waals surface area contributed by atoms with E-state index in [0.717, 1.165) is 36.4 Å². The van der Waals surface area contributed by atoms with Crippen molar-refractivity contribution in [1.82, 2.24) is 9.62 Å². The summed E-state index contributed by atoms with van der Waals surface area (Å²) in [6.45, 7) is 0.684. The fraction of sp³-hybridized carbons (Fsp3) is 0.350. The molecule has 0 spiro atoms. The molecule has 1 fully saturated rings. The molecule has 0 aromatic heterocycles. The van der Waals surface area contributed by atoms with Crippen LogP contribution in [0.15, 0.2) is 47.4 Å². The Bertz CT molecular complexity index is 992. The van der Waals surface area contributed by atoms with Gasteiger partial charge in [-0.1, -0.05) is 0 Å². The summed E-state index contributed by atoms with van der Waals surface area (Å²) in [5, 5.41) is 0. The van der Waals surface area contributed by atoms with Crippen LogP contribution in [0.4, 0.5) is 13.2 Å². The highest BCUT2D eigenvalue weighted by Gasteiger charge is 2.25. The minimum absolute atomic E-state index is 0.0292. The zero-order chi connectivity index (χ0) is 21.7. The van der Waals surface area contributed by atoms with E-state index in [0.29, 0.717) is 25.9 Å². The lowest BCUT2D eigenvalue weighted by atomic mass is 10.1. The molecule has 1 amide bonds. The number of nitrogens with one attached hydrogen (secondary N) is 1. The molecule has 6 nitrogen and oxygen atoms in total. The van der Waals surface area contributed by atoms with Crippen LogP contribution in [0.2, 0.25) is 0 Å². The van der Waals surface area contributed by atoms with Gasteiger partial charge >= 0.3 is 0 Å². The van der Waals surface area contributed by atoms with Gasteiger partial charge in [0.25, 0.3) is 0 Å². The fourth-order valence-corrected chi connectivity index (χ4v) is 4.15. The molecule has 0 aliphatic carbocycles. The summed E-state index contributed by atoms with van der Waals surface area (Å²) < 4.78 is 71.7. The minimum atomic E-state index is -3.82. The van der Waals surface area contributed by atoms with Crippen LogP contribution in [0.5, 0.6) is 5.75 Å². The number of ether oxygens (including phenoxy) is 1. The normalized spacial score (nSPS) is 15.2. The number of halogens is 3. The number of benzene rings is 2. The van der Waals surface area contributed by atoms with Gasteiger partial charge in [-0.15, -0.1) is 0 Å². The first-order valence-electron chi connectivity index (χ1n) is 9.39. The molecule has 30 heavy (non-hydrogen) atoms. The van der Waals surface area contributed by atoms with Crippen LogP contribution in [-0.4, -0.2) is 45.0 Å². The van der Waals surface area contributed by atoms with Gasteiger partial charge in [-0.2, -0.15) is 0 Å². The van der Waals surface area contributed by atoms with Gasteiger partial charge in [0.2, 0.25) is 15.9 Å². The van der Waals surface area contributed by atoms with Crippen molar-refractivity contribution in [3.05, 3.63) is 59.9 Å². The van der Waals surface area contributed by atoms with Crippen LogP contribution < -0.4 is 9.46 Å². The third-order valence-corrected chi connectivity index (χ3v) is 6.21. The van der Waals surface area contributed by atoms with Crippen molar-refractivity contribution in [2.45, 2.75) is 30.3 Å². The van der Waals surface area contributed by atoms with Crippen LogP contribution in [0.1, 0.15) is 19.3 Å². The number of carbonyl (C=O) groups is 1. The summed E-state index contributed by atoms with van der Waals surface area (Å²) in [6, 6.07) is 7.48. The molecule has 1 N–H and O–H groups in total. The number of likely N-dealkylation sites (tertiary alicyclic amines) is 1. The molecule has 2 aromatic carbocycles. The van der Waals surface area contributed by atoms with Gasteiger partial charge in [0.1, 0.15) is 17.7 Å². The second kappa shape index (κ2) is 9.48. The van der Waals surface area contributed by atoms with E-state index < -0.39 is 27.5 Å². The van der Waals surface area contributed by atoms with E-state index in [-0.39, 0.29) is 35.6 Å². The lowest BCUT2D eigenvalue weighted by Gasteiger charge is -2.32. The maximum Gasteiger partial charge on any atom is 0.240 e. The van der Waals surface area contributed by atoms with Crippen molar-refractivity contribution in [3.63, 3.8) is 0 Å². The van der Waals surface area contributed by atoms with Crippen LogP contribution in [0.3, 0.4) is 0 Å². The van der Waals surface area contributed by atoms with Crippen LogP contribution in [0.25, 0.3) is 0 Å². The average molecular weight is 442 g/mol. The number of rotatable bonds is 7. The molecule has 0 bridgehead atoms. The summed E-state index contributed by atoms with van der Waals surface area (Å²) in [6.07, 6.45) is 0.623. The number of piperidine rings is 1. The number of nitrogens with zero attached hydrogens (tertiary/aromatic N) is 1. The van der Waals surface area contributed by atoms with Crippen LogP contribution >= 0.6 is 0 Å². The number of hydrogen-bond donors (Lipinski definition) is 1. The maximum atomic E-state index is 13.7. The molecule has 0 atom stereocenters. The maximum absolute atomic E-state index is 13.7. The Kier molecular flexibility index (Phi) is 6.99. The first kappa shape index (κ1) is 22.1. The summed E-state index contributed by atoms with van der Waals surface area (Å²) in [7, 11) is -3.82. The van der Waals surface area contributed by atoms with E-state index in [1.54, 1.807) is 4.90 Å². The van der Waals surface area contributed by atoms with Gasteiger partial charge in [0, 0.05) is 45.0 Å². The summed E-state index contributed by atoms with van der Waals surface area (Å²) in [5.74, 6) is -2.25. The van der Waals surface area contributed by atoms with E-state index >= 15 is 0 Å². The Morgan fingerprint density at radius 2 is 1.67 bits per heavy atom. The van der Waals surface area contributed by atoms with Gasteiger partial charge in [0.15, 0.2) is 11.6 Å². The van der Waals surface area contributed by atoms with E-state index in [1.165, 1.54) is 6.07 Å². The number of carbonyl (C=O) groups excluding carboxylic acids is 1. The van der Waals surface area contributed by atoms with Crippen molar-refractivity contribution in [2.75, 3.05) is 19.6 Å². The molecular formula is C20H21F3N2O4S. The van der Waals surface area contributed by atoms with Gasteiger partial charge < -0.3 is 9.64 Å². The molecule has 0 unspecified atom stereocenters. The molecule has 1 aliphatic heterocycles. The quantitative estimate of drug-likeness (QED) is 0.716. The Balaban J connectivity index is 1.43. The molecule has 0 radical (unpaired) electrons. The van der Waals surface area contributed by atoms with E-state index in [9.17, 15) is 26.4 Å². The van der Waals surface area contributed by atoms with Crippen molar-refractivity contribution >= 4 is 15.9 Å². The van der Waals surface area contributed by atoms with Gasteiger partial charge in [-0.25, -0.2) is 26.3 Å². The van der Waals surface area contributed by atoms with E-state index in [1.807, 2.05) is 0 Å². The highest BCUT2D eigenvalue weighted by Crippen LogP contribution is 2.23. The molecule has 1 aliphatic rings. The van der Waals surface area contributed by atoms with Crippen LogP contribution in [0, 0.1) is 17.5 Å². The third-order valence-electron chi connectivity index (χ3n) is 4.74. The molecule has 3 rings (SSSR count). The van der Waals surface area contributed by atoms with Crippen LogP contribution in [-0.2, 0) is 14.8 Å². The molecule has 162 valence electrons. The Morgan fingerprint density at radius 3 is 2.30 bits per heavy atom. The zero-order valence-electron chi connectivity index (χ0n) is 16.0. The lowest BCUT2D eigenvalue weighted by Crippen LogP contribution is -2.42. The summed E-state index contributed by atoms with van der Waals surface area (Å²) >= 11 is 0. The Labute approximate surface area is 172 Å². The molecule has 0 saturated carbocycles. The molecule has 1 saturated heterocycles. The van der Waals surface area contributed by atoms with Crippen molar-refractivity contribution in [1.29, 1.82) is 0 Å². The lowest BCUT2D eigenvalue weighted by molar-refractivity contribution is -0.132. The first-order valence-corrected chi connectivity index (χ1v) is 10.9. The largest absolute Gasteiger partial charge is 0.487 e. The van der Waals surface area contributed by atoms with Crippen molar-refractivity contribution in [2.24, 2.45) is 0 Å². The topological polar surface area (TPSA) is 75.7 Å². The zero-order valence-corrected chi connectivity index (χ0v) is 16.8. The molecule has 2 aromatic rings. The standard InChI is InChI=1S/C20H21F3N2O4S/c21-14-1-4-17(5-2-14)30(27,28)24-10-7-20(26)25-11-8-16(9-12-25)29-19-6-3-15(22)13-18(19)23/h1-6,13,16,24H,7-12H2. The van der Waals surface area contributed by atoms with Gasteiger partial charge in [0.05, 0.1) is 4.90 Å². The predicted octanol–water partition coefficient (Wildman–Crippen LogP) is 2.84. The molecular weight excluding hydrogens is 421 g/mol. The average Bonchev–Trinajstić information content (AvgIpc) is 2.71. The molecule has 1 heterocycles. The third kappa shape index (κ3) is 5.73. The number of sulfonamides is 1. The number of amides is 1. The monoisotopic (exact) mass is 442 g/mol. The van der Waals surface area contributed by atoms with Crippen molar-refractivity contribution < 1.29 is 31.1 Å².